The van der Waals surface area contributed by atoms with Crippen LogP contribution >= 0.6 is 0 Å². The predicted molar refractivity (Wildman–Crippen MR) is 71.7 cm³/mol. The Labute approximate surface area is 107 Å². The van der Waals surface area contributed by atoms with Gasteiger partial charge in [-0.05, 0) is 25.6 Å². The fraction of sp³-hybridized carbons (Fsp3) is 0.462. The van der Waals surface area contributed by atoms with Crippen LogP contribution in [0, 0.1) is 0 Å². The summed E-state index contributed by atoms with van der Waals surface area (Å²) in [6.45, 7) is 3.14. The smallest absolute Gasteiger partial charge is 0.170 e. The largest absolute Gasteiger partial charge is 0.409 e. The van der Waals surface area contributed by atoms with Gasteiger partial charge in [-0.2, -0.15) is 0 Å². The van der Waals surface area contributed by atoms with E-state index in [0.717, 1.165) is 18.7 Å². The zero-order chi connectivity index (χ0) is 13.0. The summed E-state index contributed by atoms with van der Waals surface area (Å²) < 4.78 is 0. The van der Waals surface area contributed by atoms with Crippen LogP contribution < -0.4 is 11.1 Å². The molecule has 1 atom stereocenters. The van der Waals surface area contributed by atoms with Crippen molar-refractivity contribution in [1.29, 1.82) is 0 Å². The molecule has 98 valence electrons. The first-order chi connectivity index (χ1) is 8.69. The average Bonchev–Trinajstić information content (AvgIpc) is 2.82. The Morgan fingerprint density at radius 1 is 1.50 bits per heavy atom. The van der Waals surface area contributed by atoms with Gasteiger partial charge in [0.2, 0.25) is 0 Å². The van der Waals surface area contributed by atoms with Gasteiger partial charge in [-0.3, -0.25) is 0 Å². The van der Waals surface area contributed by atoms with Crippen molar-refractivity contribution in [3.63, 3.8) is 0 Å². The molecule has 1 heterocycles. The fourth-order valence-electron chi connectivity index (χ4n) is 2.21. The summed E-state index contributed by atoms with van der Waals surface area (Å²) >= 11 is 0. The van der Waals surface area contributed by atoms with Gasteiger partial charge in [-0.15, -0.1) is 0 Å². The zero-order valence-corrected chi connectivity index (χ0v) is 10.6. The molecule has 1 aliphatic heterocycles. The first-order valence-corrected chi connectivity index (χ1v) is 6.18. The molecule has 1 saturated heterocycles. The van der Waals surface area contributed by atoms with Crippen molar-refractivity contribution in [2.45, 2.75) is 19.0 Å². The minimum Gasteiger partial charge on any atom is -0.409 e. The van der Waals surface area contributed by atoms with Gasteiger partial charge in [0.05, 0.1) is 0 Å². The van der Waals surface area contributed by atoms with E-state index in [0.29, 0.717) is 6.04 Å². The highest BCUT2D eigenvalue weighted by Gasteiger charge is 2.18. The molecule has 4 N–H and O–H groups in total. The van der Waals surface area contributed by atoms with Gasteiger partial charge < -0.3 is 21.2 Å². The number of nitrogens with zero attached hydrogens (tertiary/aromatic N) is 2. The molecule has 0 radical (unpaired) electrons. The van der Waals surface area contributed by atoms with Crippen molar-refractivity contribution in [2.75, 3.05) is 20.1 Å². The summed E-state index contributed by atoms with van der Waals surface area (Å²) in [7, 11) is 2.15. The maximum Gasteiger partial charge on any atom is 0.170 e. The van der Waals surface area contributed by atoms with E-state index in [4.69, 9.17) is 10.9 Å². The van der Waals surface area contributed by atoms with Crippen LogP contribution in [-0.2, 0) is 6.54 Å². The minimum atomic E-state index is 0.145. The predicted octanol–water partition coefficient (Wildman–Crippen LogP) is 0.575. The van der Waals surface area contributed by atoms with E-state index in [1.54, 1.807) is 0 Å². The number of amidine groups is 1. The lowest BCUT2D eigenvalue weighted by Gasteiger charge is -2.12. The first-order valence-electron chi connectivity index (χ1n) is 6.18. The van der Waals surface area contributed by atoms with E-state index >= 15 is 0 Å². The van der Waals surface area contributed by atoms with Crippen molar-refractivity contribution in [3.05, 3.63) is 35.4 Å². The molecule has 1 aromatic rings. The van der Waals surface area contributed by atoms with Crippen molar-refractivity contribution in [3.8, 4) is 0 Å². The molecule has 1 aromatic carbocycles. The normalized spacial score (nSPS) is 21.4. The topological polar surface area (TPSA) is 73.9 Å². The highest BCUT2D eigenvalue weighted by Crippen LogP contribution is 2.08. The van der Waals surface area contributed by atoms with Crippen LogP contribution in [-0.4, -0.2) is 42.1 Å². The molecule has 0 aliphatic carbocycles. The maximum atomic E-state index is 8.58. The van der Waals surface area contributed by atoms with E-state index < -0.39 is 0 Å². The summed E-state index contributed by atoms with van der Waals surface area (Å²) in [6, 6.07) is 8.32. The number of hydrogen-bond donors (Lipinski definition) is 3. The van der Waals surface area contributed by atoms with Crippen LogP contribution in [0.25, 0.3) is 0 Å². The van der Waals surface area contributed by atoms with Crippen LogP contribution in [0.15, 0.2) is 29.4 Å². The number of oxime groups is 1. The lowest BCUT2D eigenvalue weighted by atomic mass is 10.1. The zero-order valence-electron chi connectivity index (χ0n) is 10.6. The maximum absolute atomic E-state index is 8.58. The van der Waals surface area contributed by atoms with Crippen molar-refractivity contribution in [2.24, 2.45) is 10.9 Å². The van der Waals surface area contributed by atoms with Gasteiger partial charge in [0.25, 0.3) is 0 Å². The lowest BCUT2D eigenvalue weighted by molar-refractivity contribution is 0.318. The van der Waals surface area contributed by atoms with E-state index in [1.165, 1.54) is 18.5 Å². The molecule has 0 bridgehead atoms. The van der Waals surface area contributed by atoms with Crippen LogP contribution in [0.3, 0.4) is 0 Å². The third-order valence-electron chi connectivity index (χ3n) is 3.34. The summed E-state index contributed by atoms with van der Waals surface area (Å²) in [4.78, 5) is 2.33. The highest BCUT2D eigenvalue weighted by atomic mass is 16.4. The van der Waals surface area contributed by atoms with Crippen LogP contribution in [0.5, 0.6) is 0 Å². The summed E-state index contributed by atoms with van der Waals surface area (Å²) in [5.74, 6) is 0.145. The number of hydrogen-bond acceptors (Lipinski definition) is 4. The Balaban J connectivity index is 1.87. The van der Waals surface area contributed by atoms with Gasteiger partial charge in [-0.1, -0.05) is 29.4 Å². The van der Waals surface area contributed by atoms with E-state index in [-0.39, 0.29) is 5.84 Å². The number of rotatable bonds is 4. The lowest BCUT2D eigenvalue weighted by Crippen LogP contribution is -2.30. The van der Waals surface area contributed by atoms with Crippen molar-refractivity contribution >= 4 is 5.84 Å². The van der Waals surface area contributed by atoms with E-state index in [2.05, 4.69) is 22.4 Å². The number of nitrogens with one attached hydrogen (secondary N) is 1. The Morgan fingerprint density at radius 2 is 2.22 bits per heavy atom. The van der Waals surface area contributed by atoms with E-state index in [9.17, 15) is 0 Å². The molecule has 1 fully saturated rings. The Morgan fingerprint density at radius 3 is 2.78 bits per heavy atom. The molecule has 0 saturated carbocycles. The second-order valence-electron chi connectivity index (χ2n) is 4.81. The summed E-state index contributed by atoms with van der Waals surface area (Å²) in [6.07, 6.45) is 1.21. The number of likely N-dealkylation sites (tertiary alicyclic amines) is 1. The van der Waals surface area contributed by atoms with Crippen LogP contribution in [0.2, 0.25) is 0 Å². The Kier molecular flexibility index (Phi) is 4.17. The van der Waals surface area contributed by atoms with Gasteiger partial charge in [0.1, 0.15) is 0 Å². The molecular formula is C13H20N4O. The van der Waals surface area contributed by atoms with Gasteiger partial charge in [-0.25, -0.2) is 0 Å². The summed E-state index contributed by atoms with van der Waals surface area (Å²) in [5.41, 5.74) is 7.46. The quantitative estimate of drug-likeness (QED) is 0.315. The van der Waals surface area contributed by atoms with Gasteiger partial charge in [0.15, 0.2) is 5.84 Å². The molecule has 18 heavy (non-hydrogen) atoms. The van der Waals surface area contributed by atoms with Gasteiger partial charge >= 0.3 is 0 Å². The minimum absolute atomic E-state index is 0.145. The molecule has 0 amide bonds. The summed E-state index contributed by atoms with van der Waals surface area (Å²) in [5, 5.41) is 15.1. The highest BCUT2D eigenvalue weighted by molar-refractivity contribution is 5.96. The van der Waals surface area contributed by atoms with Crippen LogP contribution in [0.1, 0.15) is 17.5 Å². The molecular weight excluding hydrogens is 228 g/mol. The monoisotopic (exact) mass is 248 g/mol. The molecule has 1 aliphatic rings. The fourth-order valence-corrected chi connectivity index (χ4v) is 2.21. The SMILES string of the molecule is CN1CCC(NCc2ccc(C(N)=NO)cc2)C1. The number of nitrogens with two attached hydrogens (primary N) is 1. The first kappa shape index (κ1) is 12.9. The molecule has 5 heteroatoms. The van der Waals surface area contributed by atoms with Crippen LogP contribution in [0.4, 0.5) is 0 Å². The van der Waals surface area contributed by atoms with Gasteiger partial charge in [0, 0.05) is 24.7 Å². The number of likely N-dealkylation sites (N-methyl/N-ethyl adjacent to an activating group) is 1. The van der Waals surface area contributed by atoms with Crippen molar-refractivity contribution < 1.29 is 5.21 Å². The molecule has 1 unspecified atom stereocenters. The average molecular weight is 248 g/mol. The molecule has 2 rings (SSSR count). The molecule has 0 spiro atoms. The van der Waals surface area contributed by atoms with Crippen molar-refractivity contribution in [1.82, 2.24) is 10.2 Å². The third-order valence-corrected chi connectivity index (χ3v) is 3.34. The van der Waals surface area contributed by atoms with E-state index in [1.807, 2.05) is 24.3 Å². The Hall–Kier alpha value is -1.59. The standard InChI is InChI=1S/C13H20N4O/c1-17-7-6-12(9-17)15-8-10-2-4-11(5-3-10)13(14)16-18/h2-5,12,15,18H,6-9H2,1H3,(H2,14,16). The number of benzene rings is 1. The Bertz CT molecular complexity index is 416. The molecule has 0 aromatic heterocycles. The third kappa shape index (κ3) is 3.21. The molecule has 5 nitrogen and oxygen atoms in total. The second kappa shape index (κ2) is 5.84. The second-order valence-corrected chi connectivity index (χ2v) is 4.81.